The van der Waals surface area contributed by atoms with Gasteiger partial charge in [0.25, 0.3) is 0 Å². The van der Waals surface area contributed by atoms with Gasteiger partial charge in [0.15, 0.2) is 5.75 Å². The normalized spacial score (nSPS) is 20.0. The number of aryl methyl sites for hydroxylation is 1. The Balaban J connectivity index is 1.48. The van der Waals surface area contributed by atoms with Crippen molar-refractivity contribution in [3.05, 3.63) is 41.3 Å². The smallest absolute Gasteiger partial charge is 0.399 e. The molecule has 12 heteroatoms. The van der Waals surface area contributed by atoms with E-state index >= 15 is 0 Å². The lowest BCUT2D eigenvalue weighted by Crippen LogP contribution is -2.41. The summed E-state index contributed by atoms with van der Waals surface area (Å²) < 4.78 is 45.6. The zero-order chi connectivity index (χ0) is 24.8. The lowest BCUT2D eigenvalue weighted by molar-refractivity contribution is -0.181. The van der Waals surface area contributed by atoms with Crippen LogP contribution in [0.2, 0.25) is 0 Å². The Labute approximate surface area is 197 Å². The summed E-state index contributed by atoms with van der Waals surface area (Å²) in [6.07, 6.45) is -2.06. The molecule has 2 aliphatic rings. The Hall–Kier alpha value is -2.86. The number of esters is 1. The maximum absolute atomic E-state index is 13.4. The molecule has 0 radical (unpaired) electrons. The Morgan fingerprint density at radius 3 is 2.71 bits per heavy atom. The van der Waals surface area contributed by atoms with Gasteiger partial charge in [0, 0.05) is 11.8 Å². The number of anilines is 1. The zero-order valence-corrected chi connectivity index (χ0v) is 19.2. The van der Waals surface area contributed by atoms with Gasteiger partial charge in [-0.1, -0.05) is 17.8 Å². The number of pyridine rings is 2. The third-order valence-corrected chi connectivity index (χ3v) is 7.33. The number of nitrogens with zero attached hydrogens (tertiary/aromatic N) is 3. The zero-order valence-electron chi connectivity index (χ0n) is 18.4. The number of rotatable bonds is 4. The first-order valence-corrected chi connectivity index (χ1v) is 11.4. The molecule has 1 aliphatic heterocycles. The maximum Gasteiger partial charge on any atom is 0.399 e. The lowest BCUT2D eigenvalue weighted by Gasteiger charge is -2.29. The van der Waals surface area contributed by atoms with Crippen molar-refractivity contribution in [2.75, 3.05) is 11.5 Å². The monoisotopic (exact) mass is 496 g/mol. The number of thioether (sulfide) groups is 1. The molecule has 2 unspecified atom stereocenters. The number of hydrogen-bond donors (Lipinski definition) is 2. The van der Waals surface area contributed by atoms with Crippen LogP contribution >= 0.6 is 11.8 Å². The van der Waals surface area contributed by atoms with Crippen LogP contribution in [0, 0.1) is 5.92 Å². The van der Waals surface area contributed by atoms with E-state index in [4.69, 9.17) is 10.5 Å². The van der Waals surface area contributed by atoms with E-state index in [9.17, 15) is 27.9 Å². The van der Waals surface area contributed by atoms with Crippen molar-refractivity contribution in [1.29, 1.82) is 0 Å². The minimum absolute atomic E-state index is 0.0537. The number of primary amides is 1. The predicted molar refractivity (Wildman–Crippen MR) is 117 cm³/mol. The van der Waals surface area contributed by atoms with Crippen molar-refractivity contribution in [1.82, 2.24) is 9.97 Å². The van der Waals surface area contributed by atoms with Crippen LogP contribution < -0.4 is 15.4 Å². The first-order valence-electron chi connectivity index (χ1n) is 10.6. The summed E-state index contributed by atoms with van der Waals surface area (Å²) in [6, 6.07) is 3.66. The molecule has 2 atom stereocenters. The number of carbonyl (C=O) groups is 2. The second-order valence-corrected chi connectivity index (χ2v) is 9.91. The molecule has 0 saturated heterocycles. The molecule has 0 saturated carbocycles. The lowest BCUT2D eigenvalue weighted by atomic mass is 9.83. The highest BCUT2D eigenvalue weighted by Crippen LogP contribution is 2.43. The maximum atomic E-state index is 13.4. The molecule has 8 nitrogen and oxygen atoms in total. The van der Waals surface area contributed by atoms with Gasteiger partial charge < -0.3 is 15.6 Å². The number of amides is 2. The number of carbonyl (C=O) groups excluding carboxylic acids is 2. The fourth-order valence-corrected chi connectivity index (χ4v) is 5.01. The molecule has 2 aromatic heterocycles. The first-order chi connectivity index (χ1) is 15.9. The highest BCUT2D eigenvalue weighted by atomic mass is 32.2. The fraction of sp³-hybridized carbons (Fsp3) is 0.455. The fourth-order valence-electron chi connectivity index (χ4n) is 3.96. The van der Waals surface area contributed by atoms with E-state index in [1.54, 1.807) is 6.07 Å². The third-order valence-electron chi connectivity index (χ3n) is 6.16. The molecule has 3 heterocycles. The second-order valence-electron chi connectivity index (χ2n) is 8.74. The van der Waals surface area contributed by atoms with Crippen LogP contribution in [-0.4, -0.2) is 45.2 Å². The molecule has 2 amide bonds. The van der Waals surface area contributed by atoms with Gasteiger partial charge in [-0.25, -0.2) is 9.78 Å². The first kappa shape index (κ1) is 24.3. The van der Waals surface area contributed by atoms with Crippen LogP contribution in [0.4, 0.5) is 23.7 Å². The average Bonchev–Trinajstić information content (AvgIpc) is 3.15. The van der Waals surface area contributed by atoms with E-state index in [1.165, 1.54) is 35.0 Å². The number of aliphatic hydroxyl groups is 1. The van der Waals surface area contributed by atoms with Gasteiger partial charge in [0.2, 0.25) is 0 Å². The molecule has 34 heavy (non-hydrogen) atoms. The van der Waals surface area contributed by atoms with Gasteiger partial charge in [0.05, 0.1) is 30.1 Å². The Kier molecular flexibility index (Phi) is 6.23. The number of alkyl halides is 3. The Morgan fingerprint density at radius 1 is 1.32 bits per heavy atom. The second kappa shape index (κ2) is 8.73. The van der Waals surface area contributed by atoms with Crippen LogP contribution in [0.25, 0.3) is 0 Å². The largest absolute Gasteiger partial charge is 0.425 e. The molecule has 182 valence electrons. The summed E-state index contributed by atoms with van der Waals surface area (Å²) in [6.45, 7) is 1.86. The molecule has 0 spiro atoms. The van der Waals surface area contributed by atoms with Crippen molar-refractivity contribution >= 4 is 29.4 Å². The summed E-state index contributed by atoms with van der Waals surface area (Å²) in [5, 5.41) is 9.35. The molecule has 2 aromatic rings. The van der Waals surface area contributed by atoms with E-state index in [-0.39, 0.29) is 18.1 Å². The topological polar surface area (TPSA) is 119 Å². The van der Waals surface area contributed by atoms with Gasteiger partial charge in [-0.05, 0) is 44.7 Å². The van der Waals surface area contributed by atoms with E-state index in [1.807, 2.05) is 0 Å². The van der Waals surface area contributed by atoms with Gasteiger partial charge in [0.1, 0.15) is 15.8 Å². The molecule has 1 aliphatic carbocycles. The van der Waals surface area contributed by atoms with Crippen LogP contribution in [0.15, 0.2) is 29.4 Å². The standard InChI is InChI=1S/C22H23F3N4O4S/c1-21(2,22(23,24)25)16-6-4-11-7-12(3-5-14(11)28-16)19(31)33-13-8-15-18(27-9-13)34-17(10-30)29(15)20(26)32/h4,6,8-9,12,17,30H,3,5,7,10H2,1-2H3,(H2,26,32). The highest BCUT2D eigenvalue weighted by Gasteiger charge is 2.49. The summed E-state index contributed by atoms with van der Waals surface area (Å²) in [4.78, 5) is 34.2. The number of ether oxygens (including phenoxy) is 1. The quantitative estimate of drug-likeness (QED) is 0.623. The van der Waals surface area contributed by atoms with Gasteiger partial charge in [-0.15, -0.1) is 0 Å². The summed E-state index contributed by atoms with van der Waals surface area (Å²) >= 11 is 1.17. The van der Waals surface area contributed by atoms with Gasteiger partial charge in [-0.3, -0.25) is 14.7 Å². The van der Waals surface area contributed by atoms with Crippen molar-refractivity contribution in [3.63, 3.8) is 0 Å². The van der Waals surface area contributed by atoms with E-state index in [2.05, 4.69) is 9.97 Å². The molecular formula is C22H23F3N4O4S. The van der Waals surface area contributed by atoms with Gasteiger partial charge >= 0.3 is 18.2 Å². The number of urea groups is 1. The van der Waals surface area contributed by atoms with E-state index in [0.29, 0.717) is 41.2 Å². The van der Waals surface area contributed by atoms with Crippen molar-refractivity contribution in [2.45, 2.75) is 55.1 Å². The minimum Gasteiger partial charge on any atom is -0.425 e. The molecule has 0 fully saturated rings. The van der Waals surface area contributed by atoms with Crippen molar-refractivity contribution in [3.8, 4) is 5.75 Å². The number of aromatic nitrogens is 2. The number of nitrogens with two attached hydrogens (primary N) is 1. The van der Waals surface area contributed by atoms with Crippen LogP contribution in [0.5, 0.6) is 5.75 Å². The third kappa shape index (κ3) is 4.31. The SMILES string of the molecule is CC(C)(c1ccc2c(n1)CCC(C(=O)Oc1cnc3c(c1)N(C(N)=O)C(CO)S3)C2)C(F)(F)F. The van der Waals surface area contributed by atoms with E-state index in [0.717, 1.165) is 13.8 Å². The molecule has 4 rings (SSSR count). The van der Waals surface area contributed by atoms with Crippen LogP contribution in [0.3, 0.4) is 0 Å². The van der Waals surface area contributed by atoms with E-state index < -0.39 is 34.9 Å². The summed E-state index contributed by atoms with van der Waals surface area (Å²) in [5.41, 5.74) is 4.90. The van der Waals surface area contributed by atoms with Crippen LogP contribution in [-0.2, 0) is 23.1 Å². The van der Waals surface area contributed by atoms with Crippen molar-refractivity contribution in [2.24, 2.45) is 11.7 Å². The van der Waals surface area contributed by atoms with Crippen molar-refractivity contribution < 1.29 is 32.6 Å². The number of hydrogen-bond acceptors (Lipinski definition) is 7. The number of fused-ring (bicyclic) bond motifs is 2. The Morgan fingerprint density at radius 2 is 2.06 bits per heavy atom. The molecule has 0 bridgehead atoms. The predicted octanol–water partition coefficient (Wildman–Crippen LogP) is 3.34. The Bertz CT molecular complexity index is 1140. The van der Waals surface area contributed by atoms with Gasteiger partial charge in [-0.2, -0.15) is 13.2 Å². The summed E-state index contributed by atoms with van der Waals surface area (Å²) in [7, 11) is 0. The molecule has 3 N–H and O–H groups in total. The van der Waals surface area contributed by atoms with Crippen LogP contribution in [0.1, 0.15) is 37.2 Å². The highest BCUT2D eigenvalue weighted by molar-refractivity contribution is 8.00. The number of halogens is 3. The number of aliphatic hydroxyl groups excluding tert-OH is 1. The summed E-state index contributed by atoms with van der Waals surface area (Å²) in [5.74, 6) is -0.890. The average molecular weight is 497 g/mol. The minimum atomic E-state index is -4.43. The molecular weight excluding hydrogens is 473 g/mol. The molecule has 0 aromatic carbocycles.